The first-order valence-corrected chi connectivity index (χ1v) is 5.59. The van der Waals surface area contributed by atoms with Gasteiger partial charge in [-0.1, -0.05) is 20.8 Å². The molecule has 0 atom stereocenters. The first-order valence-electron chi connectivity index (χ1n) is 5.59. The molecular formula is C12H18FNO2. The Morgan fingerprint density at radius 1 is 1.50 bits per heavy atom. The summed E-state index contributed by atoms with van der Waals surface area (Å²) in [6, 6.07) is 1.79. The molecule has 0 aromatic carbocycles. The van der Waals surface area contributed by atoms with Crippen LogP contribution in [-0.4, -0.2) is 16.9 Å². The molecular weight excluding hydrogens is 209 g/mol. The van der Waals surface area contributed by atoms with Gasteiger partial charge in [-0.05, 0) is 12.1 Å². The molecule has 0 saturated heterocycles. The van der Waals surface area contributed by atoms with Crippen molar-refractivity contribution in [2.75, 3.05) is 0 Å². The van der Waals surface area contributed by atoms with Crippen LogP contribution in [0.15, 0.2) is 10.6 Å². The van der Waals surface area contributed by atoms with Gasteiger partial charge in [-0.2, -0.15) is 0 Å². The summed E-state index contributed by atoms with van der Waals surface area (Å²) in [5, 5.41) is 3.83. The van der Waals surface area contributed by atoms with E-state index in [9.17, 15) is 4.39 Å². The lowest BCUT2D eigenvalue weighted by molar-refractivity contribution is -0.0323. The molecule has 0 bridgehead atoms. The van der Waals surface area contributed by atoms with Crippen molar-refractivity contribution in [3.63, 3.8) is 0 Å². The monoisotopic (exact) mass is 227 g/mol. The molecule has 16 heavy (non-hydrogen) atoms. The second-order valence-corrected chi connectivity index (χ2v) is 5.84. The topological polar surface area (TPSA) is 35.3 Å². The van der Waals surface area contributed by atoms with Crippen LogP contribution in [0.4, 0.5) is 4.39 Å². The van der Waals surface area contributed by atoms with Gasteiger partial charge >= 0.3 is 0 Å². The fourth-order valence-corrected chi connectivity index (χ4v) is 1.81. The molecule has 1 aromatic heterocycles. The number of ether oxygens (including phenoxy) is 1. The fourth-order valence-electron chi connectivity index (χ4n) is 1.81. The Labute approximate surface area is 95.0 Å². The van der Waals surface area contributed by atoms with Crippen molar-refractivity contribution in [2.45, 2.75) is 57.7 Å². The third kappa shape index (κ3) is 2.36. The van der Waals surface area contributed by atoms with Crippen LogP contribution >= 0.6 is 0 Å². The molecule has 2 rings (SSSR count). The van der Waals surface area contributed by atoms with Gasteiger partial charge in [-0.15, -0.1) is 0 Å². The summed E-state index contributed by atoms with van der Waals surface area (Å²) in [6.07, 6.45) is 0.808. The summed E-state index contributed by atoms with van der Waals surface area (Å²) < 4.78 is 23.9. The van der Waals surface area contributed by atoms with E-state index in [-0.39, 0.29) is 11.5 Å². The van der Waals surface area contributed by atoms with E-state index in [1.165, 1.54) is 0 Å². The van der Waals surface area contributed by atoms with Crippen LogP contribution in [0.25, 0.3) is 0 Å². The van der Waals surface area contributed by atoms with Gasteiger partial charge in [0.15, 0.2) is 0 Å². The molecule has 1 aromatic rings. The SMILES string of the molecule is CC1(F)CC(Oc2cc(C(C)(C)C)on2)C1. The number of rotatable bonds is 2. The van der Waals surface area contributed by atoms with Crippen LogP contribution < -0.4 is 4.74 Å². The molecule has 0 spiro atoms. The lowest BCUT2D eigenvalue weighted by Crippen LogP contribution is -2.44. The lowest BCUT2D eigenvalue weighted by Gasteiger charge is -2.37. The first kappa shape index (κ1) is 11.4. The highest BCUT2D eigenvalue weighted by molar-refractivity contribution is 5.18. The second-order valence-electron chi connectivity index (χ2n) is 5.84. The largest absolute Gasteiger partial charge is 0.472 e. The van der Waals surface area contributed by atoms with Gasteiger partial charge in [0.2, 0.25) is 0 Å². The van der Waals surface area contributed by atoms with E-state index in [1.54, 1.807) is 13.0 Å². The van der Waals surface area contributed by atoms with Crippen molar-refractivity contribution >= 4 is 0 Å². The van der Waals surface area contributed by atoms with Gasteiger partial charge in [-0.3, -0.25) is 0 Å². The minimum atomic E-state index is -1.07. The minimum Gasteiger partial charge on any atom is -0.472 e. The van der Waals surface area contributed by atoms with Gasteiger partial charge in [0.25, 0.3) is 5.88 Å². The van der Waals surface area contributed by atoms with Gasteiger partial charge in [0.1, 0.15) is 17.5 Å². The average molecular weight is 227 g/mol. The van der Waals surface area contributed by atoms with E-state index >= 15 is 0 Å². The van der Waals surface area contributed by atoms with Crippen LogP contribution in [0.5, 0.6) is 5.88 Å². The number of halogens is 1. The molecule has 4 heteroatoms. The first-order chi connectivity index (χ1) is 7.26. The molecule has 3 nitrogen and oxygen atoms in total. The Kier molecular flexibility index (Phi) is 2.48. The molecule has 0 N–H and O–H groups in total. The number of hydrogen-bond acceptors (Lipinski definition) is 3. The summed E-state index contributed by atoms with van der Waals surface area (Å²) in [4.78, 5) is 0. The zero-order valence-corrected chi connectivity index (χ0v) is 10.2. The van der Waals surface area contributed by atoms with Crippen LogP contribution in [-0.2, 0) is 5.41 Å². The molecule has 0 aliphatic heterocycles. The van der Waals surface area contributed by atoms with Crippen LogP contribution in [0.3, 0.4) is 0 Å². The average Bonchev–Trinajstić information content (AvgIpc) is 2.48. The molecule has 1 heterocycles. The zero-order chi connectivity index (χ0) is 12.0. The highest BCUT2D eigenvalue weighted by Gasteiger charge is 2.42. The van der Waals surface area contributed by atoms with E-state index in [1.807, 2.05) is 20.8 Å². The van der Waals surface area contributed by atoms with Gasteiger partial charge < -0.3 is 9.26 Å². The maximum absolute atomic E-state index is 13.2. The Morgan fingerprint density at radius 3 is 2.56 bits per heavy atom. The summed E-state index contributed by atoms with van der Waals surface area (Å²) in [5.41, 5.74) is -1.15. The summed E-state index contributed by atoms with van der Waals surface area (Å²) >= 11 is 0. The molecule has 90 valence electrons. The molecule has 1 aliphatic rings. The third-order valence-electron chi connectivity index (χ3n) is 2.82. The molecule has 1 fully saturated rings. The van der Waals surface area contributed by atoms with Crippen LogP contribution in [0.1, 0.15) is 46.3 Å². The number of nitrogens with zero attached hydrogens (tertiary/aromatic N) is 1. The summed E-state index contributed by atoms with van der Waals surface area (Å²) in [6.45, 7) is 7.72. The second kappa shape index (κ2) is 3.47. The van der Waals surface area contributed by atoms with Gasteiger partial charge in [0, 0.05) is 24.3 Å². The predicted octanol–water partition coefficient (Wildman–Crippen LogP) is 3.24. The van der Waals surface area contributed by atoms with E-state index in [2.05, 4.69) is 5.16 Å². The molecule has 1 saturated carbocycles. The molecule has 1 aliphatic carbocycles. The van der Waals surface area contributed by atoms with Crippen molar-refractivity contribution in [1.29, 1.82) is 0 Å². The normalized spacial score (nSPS) is 29.9. The van der Waals surface area contributed by atoms with Crippen LogP contribution in [0, 0.1) is 0 Å². The summed E-state index contributed by atoms with van der Waals surface area (Å²) in [5.74, 6) is 1.25. The van der Waals surface area contributed by atoms with E-state index in [0.717, 1.165) is 5.76 Å². The number of hydrogen-bond donors (Lipinski definition) is 0. The Bertz CT molecular complexity index is 371. The Morgan fingerprint density at radius 2 is 2.12 bits per heavy atom. The highest BCUT2D eigenvalue weighted by Crippen LogP contribution is 2.38. The summed E-state index contributed by atoms with van der Waals surface area (Å²) in [7, 11) is 0. The maximum atomic E-state index is 13.2. The lowest BCUT2D eigenvalue weighted by atomic mass is 9.81. The fraction of sp³-hybridized carbons (Fsp3) is 0.750. The molecule has 0 unspecified atom stereocenters. The molecule has 0 radical (unpaired) electrons. The zero-order valence-electron chi connectivity index (χ0n) is 10.2. The van der Waals surface area contributed by atoms with Gasteiger partial charge in [-0.25, -0.2) is 4.39 Å². The van der Waals surface area contributed by atoms with Crippen molar-refractivity contribution in [3.8, 4) is 5.88 Å². The Balaban J connectivity index is 1.94. The predicted molar refractivity (Wildman–Crippen MR) is 58.4 cm³/mol. The smallest absolute Gasteiger partial charge is 0.254 e. The minimum absolute atomic E-state index is 0.0621. The number of alkyl halides is 1. The maximum Gasteiger partial charge on any atom is 0.254 e. The van der Waals surface area contributed by atoms with Crippen molar-refractivity contribution in [3.05, 3.63) is 11.8 Å². The van der Waals surface area contributed by atoms with E-state index < -0.39 is 5.67 Å². The van der Waals surface area contributed by atoms with Crippen molar-refractivity contribution in [2.24, 2.45) is 0 Å². The molecule has 0 amide bonds. The van der Waals surface area contributed by atoms with Crippen molar-refractivity contribution < 1.29 is 13.7 Å². The Hall–Kier alpha value is -1.06. The third-order valence-corrected chi connectivity index (χ3v) is 2.82. The van der Waals surface area contributed by atoms with Gasteiger partial charge in [0.05, 0.1) is 0 Å². The van der Waals surface area contributed by atoms with Crippen molar-refractivity contribution in [1.82, 2.24) is 5.16 Å². The highest BCUT2D eigenvalue weighted by atomic mass is 19.1. The van der Waals surface area contributed by atoms with E-state index in [4.69, 9.17) is 9.26 Å². The number of aromatic nitrogens is 1. The quantitative estimate of drug-likeness (QED) is 0.778. The van der Waals surface area contributed by atoms with Crippen LogP contribution in [0.2, 0.25) is 0 Å². The van der Waals surface area contributed by atoms with E-state index in [0.29, 0.717) is 18.7 Å². The standard InChI is InChI=1S/C12H18FNO2/c1-11(2,3)9-5-10(14-16-9)15-8-6-12(4,13)7-8/h5,8H,6-7H2,1-4H3.